The molecule has 0 spiro atoms. The second-order valence-corrected chi connectivity index (χ2v) is 3.32. The molecule has 80 valence electrons. The van der Waals surface area contributed by atoms with Gasteiger partial charge in [-0.1, -0.05) is 23.7 Å². The fraction of sp³-hybridized carbons (Fsp3) is 0.200. The fourth-order valence-corrected chi connectivity index (χ4v) is 1.24. The minimum atomic E-state index is -1.44. The molecule has 0 heterocycles. The molecule has 0 radical (unpaired) electrons. The lowest BCUT2D eigenvalue weighted by atomic mass is 9.79. The molecule has 0 aliphatic rings. The van der Waals surface area contributed by atoms with E-state index >= 15 is 0 Å². The molecule has 0 saturated heterocycles. The molecule has 0 fully saturated rings. The average Bonchev–Trinajstić information content (AvgIpc) is 2.20. The van der Waals surface area contributed by atoms with E-state index in [4.69, 9.17) is 26.4 Å². The molecule has 3 nitrogen and oxygen atoms in total. The predicted octanol–water partition coefficient (Wildman–Crippen LogP) is 0.806. The molecule has 2 N–H and O–H groups in total. The highest BCUT2D eigenvalue weighted by molar-refractivity contribution is 6.58. The van der Waals surface area contributed by atoms with E-state index in [0.29, 0.717) is 17.8 Å². The molecule has 1 aromatic rings. The Hall–Kier alpha value is -0.965. The van der Waals surface area contributed by atoms with Crippen LogP contribution in [0.4, 0.5) is 0 Å². The highest BCUT2D eigenvalue weighted by atomic mass is 35.5. The summed E-state index contributed by atoms with van der Waals surface area (Å²) in [6.45, 7) is 2.23. The fourth-order valence-electron chi connectivity index (χ4n) is 1.17. The summed E-state index contributed by atoms with van der Waals surface area (Å²) >= 11 is 5.35. The minimum absolute atomic E-state index is 0.394. The van der Waals surface area contributed by atoms with Gasteiger partial charge in [0, 0.05) is 5.54 Å². The molecule has 0 atom stereocenters. The molecule has 0 aliphatic heterocycles. The van der Waals surface area contributed by atoms with Crippen LogP contribution >= 0.6 is 11.6 Å². The standard InChI is InChI=1S/C10H12BClO3/c1-8-7-9(11(13)14)3-4-10(8)15-6-2-5-12/h2-5,7,13-14H,6H2,1H3/b5-2+. The first kappa shape index (κ1) is 12.1. The van der Waals surface area contributed by atoms with E-state index in [1.54, 1.807) is 24.3 Å². The quantitative estimate of drug-likeness (QED) is 0.747. The summed E-state index contributed by atoms with van der Waals surface area (Å²) < 4.78 is 5.38. The van der Waals surface area contributed by atoms with Gasteiger partial charge in [-0.3, -0.25) is 0 Å². The third kappa shape index (κ3) is 3.59. The van der Waals surface area contributed by atoms with Gasteiger partial charge >= 0.3 is 7.12 Å². The highest BCUT2D eigenvalue weighted by Gasteiger charge is 2.11. The topological polar surface area (TPSA) is 49.7 Å². The maximum absolute atomic E-state index is 8.94. The Labute approximate surface area is 94.1 Å². The lowest BCUT2D eigenvalue weighted by Crippen LogP contribution is -2.29. The molecule has 0 unspecified atom stereocenters. The van der Waals surface area contributed by atoms with Crippen molar-refractivity contribution >= 4 is 24.2 Å². The Morgan fingerprint density at radius 1 is 1.47 bits per heavy atom. The van der Waals surface area contributed by atoms with Gasteiger partial charge in [0.05, 0.1) is 0 Å². The van der Waals surface area contributed by atoms with Crippen LogP contribution < -0.4 is 10.2 Å². The minimum Gasteiger partial charge on any atom is -0.489 e. The lowest BCUT2D eigenvalue weighted by Gasteiger charge is -2.08. The van der Waals surface area contributed by atoms with Crippen LogP contribution in [0.5, 0.6) is 5.75 Å². The van der Waals surface area contributed by atoms with E-state index < -0.39 is 7.12 Å². The Balaban J connectivity index is 2.74. The van der Waals surface area contributed by atoms with Crippen molar-refractivity contribution in [1.82, 2.24) is 0 Å². The number of rotatable bonds is 4. The van der Waals surface area contributed by atoms with Crippen LogP contribution in [0.25, 0.3) is 0 Å². The Bertz CT molecular complexity index is 353. The molecule has 0 aromatic heterocycles. The predicted molar refractivity (Wildman–Crippen MR) is 61.5 cm³/mol. The average molecular weight is 226 g/mol. The van der Waals surface area contributed by atoms with Gasteiger partial charge in [0.1, 0.15) is 12.4 Å². The summed E-state index contributed by atoms with van der Waals surface area (Å²) in [6.07, 6.45) is 1.68. The summed E-state index contributed by atoms with van der Waals surface area (Å²) in [5.74, 6) is 0.703. The van der Waals surface area contributed by atoms with Crippen LogP contribution in [0.3, 0.4) is 0 Å². The van der Waals surface area contributed by atoms with Crippen LogP contribution in [0.15, 0.2) is 29.8 Å². The number of benzene rings is 1. The number of ether oxygens (including phenoxy) is 1. The van der Waals surface area contributed by atoms with Crippen LogP contribution in [-0.4, -0.2) is 23.8 Å². The van der Waals surface area contributed by atoms with E-state index in [9.17, 15) is 0 Å². The van der Waals surface area contributed by atoms with Crippen molar-refractivity contribution in [2.24, 2.45) is 0 Å². The van der Waals surface area contributed by atoms with Gasteiger partial charge in [-0.05, 0) is 30.1 Å². The zero-order valence-corrected chi connectivity index (χ0v) is 9.11. The summed E-state index contributed by atoms with van der Waals surface area (Å²) in [5, 5.41) is 17.9. The number of aryl methyl sites for hydroxylation is 1. The van der Waals surface area contributed by atoms with Crippen molar-refractivity contribution < 1.29 is 14.8 Å². The lowest BCUT2D eigenvalue weighted by molar-refractivity contribution is 0.360. The normalized spacial score (nSPS) is 10.7. The van der Waals surface area contributed by atoms with E-state index in [1.165, 1.54) is 5.54 Å². The van der Waals surface area contributed by atoms with Gasteiger partial charge in [0.25, 0.3) is 0 Å². The van der Waals surface area contributed by atoms with Crippen molar-refractivity contribution in [3.8, 4) is 5.75 Å². The maximum atomic E-state index is 8.94. The molecule has 0 amide bonds. The maximum Gasteiger partial charge on any atom is 0.488 e. The zero-order chi connectivity index (χ0) is 11.3. The zero-order valence-electron chi connectivity index (χ0n) is 8.35. The molecular formula is C10H12BClO3. The van der Waals surface area contributed by atoms with E-state index in [0.717, 1.165) is 5.56 Å². The summed E-state index contributed by atoms with van der Waals surface area (Å²) in [4.78, 5) is 0. The second kappa shape index (κ2) is 5.80. The Morgan fingerprint density at radius 2 is 2.20 bits per heavy atom. The van der Waals surface area contributed by atoms with E-state index in [1.807, 2.05) is 6.92 Å². The molecule has 1 aromatic carbocycles. The molecule has 0 aliphatic carbocycles. The van der Waals surface area contributed by atoms with Crippen LogP contribution in [0.1, 0.15) is 5.56 Å². The van der Waals surface area contributed by atoms with Gasteiger partial charge in [-0.2, -0.15) is 0 Å². The highest BCUT2D eigenvalue weighted by Crippen LogP contribution is 2.15. The molecule has 5 heteroatoms. The molecular weight excluding hydrogens is 214 g/mol. The Morgan fingerprint density at radius 3 is 2.73 bits per heavy atom. The third-order valence-electron chi connectivity index (χ3n) is 1.92. The second-order valence-electron chi connectivity index (χ2n) is 3.07. The van der Waals surface area contributed by atoms with Gasteiger partial charge in [-0.25, -0.2) is 0 Å². The molecule has 15 heavy (non-hydrogen) atoms. The first-order valence-corrected chi connectivity index (χ1v) is 4.93. The monoisotopic (exact) mass is 226 g/mol. The van der Waals surface area contributed by atoms with Crippen LogP contribution in [0, 0.1) is 6.92 Å². The van der Waals surface area contributed by atoms with E-state index in [-0.39, 0.29) is 0 Å². The summed E-state index contributed by atoms with van der Waals surface area (Å²) in [7, 11) is -1.44. The van der Waals surface area contributed by atoms with Crippen molar-refractivity contribution in [3.63, 3.8) is 0 Å². The van der Waals surface area contributed by atoms with Gasteiger partial charge in [0.2, 0.25) is 0 Å². The third-order valence-corrected chi connectivity index (χ3v) is 2.10. The number of hydrogen-bond acceptors (Lipinski definition) is 3. The molecule has 0 bridgehead atoms. The number of halogens is 1. The van der Waals surface area contributed by atoms with Crippen LogP contribution in [0.2, 0.25) is 0 Å². The molecule has 1 rings (SSSR count). The van der Waals surface area contributed by atoms with Gasteiger partial charge in [0.15, 0.2) is 0 Å². The smallest absolute Gasteiger partial charge is 0.488 e. The van der Waals surface area contributed by atoms with Crippen molar-refractivity contribution in [3.05, 3.63) is 35.4 Å². The van der Waals surface area contributed by atoms with Crippen molar-refractivity contribution in [1.29, 1.82) is 0 Å². The largest absolute Gasteiger partial charge is 0.489 e. The van der Waals surface area contributed by atoms with Crippen molar-refractivity contribution in [2.75, 3.05) is 6.61 Å². The number of hydrogen-bond donors (Lipinski definition) is 2. The van der Waals surface area contributed by atoms with Crippen LogP contribution in [-0.2, 0) is 0 Å². The van der Waals surface area contributed by atoms with E-state index in [2.05, 4.69) is 0 Å². The molecule has 0 saturated carbocycles. The summed E-state index contributed by atoms with van der Waals surface area (Å²) in [6, 6.07) is 4.98. The SMILES string of the molecule is Cc1cc(B(O)O)ccc1OC/C=C/Cl. The van der Waals surface area contributed by atoms with Crippen molar-refractivity contribution in [2.45, 2.75) is 6.92 Å². The first-order valence-electron chi connectivity index (χ1n) is 4.50. The Kier molecular flexibility index (Phi) is 4.68. The van der Waals surface area contributed by atoms with Gasteiger partial charge in [-0.15, -0.1) is 0 Å². The first-order chi connectivity index (χ1) is 7.15. The van der Waals surface area contributed by atoms with Gasteiger partial charge < -0.3 is 14.8 Å². The summed E-state index contributed by atoms with van der Waals surface area (Å²) in [5.41, 5.74) is 2.69.